The van der Waals surface area contributed by atoms with Crippen LogP contribution in [0.4, 0.5) is 0 Å². The molecule has 3 rings (SSSR count). The molecule has 0 bridgehead atoms. The van der Waals surface area contributed by atoms with Gasteiger partial charge in [-0.2, -0.15) is 5.10 Å². The Bertz CT molecular complexity index is 568. The van der Waals surface area contributed by atoms with E-state index in [0.29, 0.717) is 24.7 Å². The molecule has 0 atom stereocenters. The van der Waals surface area contributed by atoms with Gasteiger partial charge in [-0.25, -0.2) is 4.98 Å². The molecule has 0 saturated heterocycles. The smallest absolute Gasteiger partial charge is 0.133 e. The number of halogens is 1. The van der Waals surface area contributed by atoms with Gasteiger partial charge < -0.3 is 0 Å². The molecule has 0 aliphatic heterocycles. The van der Waals surface area contributed by atoms with E-state index in [-0.39, 0.29) is 0 Å². The third-order valence-electron chi connectivity index (χ3n) is 3.26. The predicted molar refractivity (Wildman–Crippen MR) is 67.7 cm³/mol. The molecule has 0 aromatic carbocycles. The maximum Gasteiger partial charge on any atom is 0.133 e. The van der Waals surface area contributed by atoms with Crippen LogP contribution in [0.5, 0.6) is 0 Å². The molecule has 0 unspecified atom stereocenters. The zero-order valence-corrected chi connectivity index (χ0v) is 10.9. The van der Waals surface area contributed by atoms with E-state index in [1.807, 2.05) is 16.9 Å². The lowest BCUT2D eigenvalue weighted by atomic mass is 9.95. The molecule has 2 heterocycles. The van der Waals surface area contributed by atoms with Crippen molar-refractivity contribution >= 4 is 32.6 Å². The number of nitrogens with zero attached hydrogens (tertiary/aromatic N) is 3. The minimum atomic E-state index is 0.360. The van der Waals surface area contributed by atoms with Crippen molar-refractivity contribution in [2.45, 2.75) is 31.7 Å². The number of rotatable bonds is 1. The number of hydrogen-bond donors (Lipinski definition) is 0. The van der Waals surface area contributed by atoms with Crippen LogP contribution in [0.1, 0.15) is 31.7 Å². The van der Waals surface area contributed by atoms with E-state index < -0.39 is 0 Å². The molecule has 5 heteroatoms. The van der Waals surface area contributed by atoms with E-state index in [4.69, 9.17) is 0 Å². The maximum absolute atomic E-state index is 11.2. The quantitative estimate of drug-likeness (QED) is 0.760. The Kier molecular flexibility index (Phi) is 2.70. The summed E-state index contributed by atoms with van der Waals surface area (Å²) < 4.78 is 2.81. The Balaban J connectivity index is 1.92. The van der Waals surface area contributed by atoms with Gasteiger partial charge in [-0.3, -0.25) is 9.48 Å². The van der Waals surface area contributed by atoms with Crippen LogP contribution in [-0.2, 0) is 4.79 Å². The fourth-order valence-corrected chi connectivity index (χ4v) is 2.64. The van der Waals surface area contributed by atoms with Crippen molar-refractivity contribution in [2.24, 2.45) is 0 Å². The van der Waals surface area contributed by atoms with Gasteiger partial charge in [-0.1, -0.05) is 0 Å². The first-order valence-corrected chi connectivity index (χ1v) is 6.54. The zero-order valence-electron chi connectivity index (χ0n) is 9.27. The summed E-state index contributed by atoms with van der Waals surface area (Å²) in [6.45, 7) is 0. The van der Waals surface area contributed by atoms with Gasteiger partial charge in [0.2, 0.25) is 0 Å². The first kappa shape index (κ1) is 10.9. The number of hydrogen-bond acceptors (Lipinski definition) is 3. The van der Waals surface area contributed by atoms with Crippen LogP contribution < -0.4 is 0 Å². The monoisotopic (exact) mass is 293 g/mol. The summed E-state index contributed by atoms with van der Waals surface area (Å²) in [4.78, 5) is 15.4. The SMILES string of the molecule is O=C1CCC(n2cc3cc(Br)ncc3n2)CC1. The lowest BCUT2D eigenvalue weighted by Gasteiger charge is -2.20. The van der Waals surface area contributed by atoms with Gasteiger partial charge in [-0.05, 0) is 34.8 Å². The van der Waals surface area contributed by atoms with Crippen molar-refractivity contribution in [3.63, 3.8) is 0 Å². The van der Waals surface area contributed by atoms with Crippen LogP contribution in [-0.4, -0.2) is 20.5 Å². The third kappa shape index (κ3) is 2.11. The Morgan fingerprint density at radius 2 is 2.12 bits per heavy atom. The van der Waals surface area contributed by atoms with Gasteiger partial charge in [-0.15, -0.1) is 0 Å². The van der Waals surface area contributed by atoms with Crippen molar-refractivity contribution in [2.75, 3.05) is 0 Å². The van der Waals surface area contributed by atoms with Gasteiger partial charge in [0.15, 0.2) is 0 Å². The minimum absolute atomic E-state index is 0.360. The second kappa shape index (κ2) is 4.22. The highest BCUT2D eigenvalue weighted by molar-refractivity contribution is 9.10. The molecule has 1 saturated carbocycles. The minimum Gasteiger partial charge on any atom is -0.300 e. The fraction of sp³-hybridized carbons (Fsp3) is 0.417. The Labute approximate surface area is 107 Å². The van der Waals surface area contributed by atoms with Crippen LogP contribution in [0.25, 0.3) is 10.9 Å². The number of Topliss-reactive ketones (excluding diaryl/α,β-unsaturated/α-hetero) is 1. The highest BCUT2D eigenvalue weighted by atomic mass is 79.9. The average Bonchev–Trinajstić information content (AvgIpc) is 2.72. The van der Waals surface area contributed by atoms with E-state index >= 15 is 0 Å². The molecule has 1 aliphatic rings. The largest absolute Gasteiger partial charge is 0.300 e. The molecule has 17 heavy (non-hydrogen) atoms. The van der Waals surface area contributed by atoms with Crippen LogP contribution >= 0.6 is 15.9 Å². The third-order valence-corrected chi connectivity index (χ3v) is 3.70. The van der Waals surface area contributed by atoms with E-state index in [1.54, 1.807) is 6.20 Å². The molecule has 1 aliphatic carbocycles. The molecule has 0 amide bonds. The lowest BCUT2D eigenvalue weighted by Crippen LogP contribution is -2.18. The second-order valence-electron chi connectivity index (χ2n) is 4.44. The topological polar surface area (TPSA) is 47.8 Å². The molecular formula is C12H12BrN3O. The van der Waals surface area contributed by atoms with Gasteiger partial charge in [0.1, 0.15) is 15.9 Å². The average molecular weight is 294 g/mol. The number of aromatic nitrogens is 3. The Hall–Kier alpha value is -1.23. The van der Waals surface area contributed by atoms with Crippen LogP contribution in [0.2, 0.25) is 0 Å². The highest BCUT2D eigenvalue weighted by Crippen LogP contribution is 2.27. The standard InChI is InChI=1S/C12H12BrN3O/c13-12-5-8-7-16(15-11(8)6-14-12)9-1-3-10(17)4-2-9/h5-7,9H,1-4H2. The number of carbonyl (C=O) groups excluding carboxylic acids is 1. The number of fused-ring (bicyclic) bond motifs is 1. The summed E-state index contributed by atoms with van der Waals surface area (Å²) >= 11 is 3.35. The van der Waals surface area contributed by atoms with Crippen molar-refractivity contribution in [3.8, 4) is 0 Å². The summed E-state index contributed by atoms with van der Waals surface area (Å²) in [6.07, 6.45) is 6.99. The van der Waals surface area contributed by atoms with E-state index in [9.17, 15) is 4.79 Å². The number of carbonyl (C=O) groups is 1. The summed E-state index contributed by atoms with van der Waals surface area (Å²) in [5.74, 6) is 0.377. The van der Waals surface area contributed by atoms with E-state index in [2.05, 4.69) is 26.0 Å². The van der Waals surface area contributed by atoms with E-state index in [1.165, 1.54) is 0 Å². The van der Waals surface area contributed by atoms with Gasteiger partial charge in [0.05, 0.1) is 12.2 Å². The molecule has 1 fully saturated rings. The summed E-state index contributed by atoms with van der Waals surface area (Å²) in [7, 11) is 0. The van der Waals surface area contributed by atoms with Crippen molar-refractivity contribution < 1.29 is 4.79 Å². The fourth-order valence-electron chi connectivity index (χ4n) is 2.30. The zero-order chi connectivity index (χ0) is 11.8. The van der Waals surface area contributed by atoms with E-state index in [0.717, 1.165) is 28.3 Å². The lowest BCUT2D eigenvalue weighted by molar-refractivity contribution is -0.120. The van der Waals surface area contributed by atoms with Gasteiger partial charge in [0.25, 0.3) is 0 Å². The molecule has 0 radical (unpaired) electrons. The molecule has 0 spiro atoms. The predicted octanol–water partition coefficient (Wildman–Crippen LogP) is 2.88. The molecule has 0 N–H and O–H groups in total. The van der Waals surface area contributed by atoms with Crippen molar-refractivity contribution in [1.29, 1.82) is 0 Å². The van der Waals surface area contributed by atoms with Crippen LogP contribution in [0.3, 0.4) is 0 Å². The number of ketones is 1. The van der Waals surface area contributed by atoms with Gasteiger partial charge >= 0.3 is 0 Å². The maximum atomic E-state index is 11.2. The highest BCUT2D eigenvalue weighted by Gasteiger charge is 2.20. The summed E-state index contributed by atoms with van der Waals surface area (Å²) in [5.41, 5.74) is 0.908. The van der Waals surface area contributed by atoms with Crippen LogP contribution in [0, 0.1) is 0 Å². The molecule has 88 valence electrons. The normalized spacial score (nSPS) is 17.8. The summed E-state index contributed by atoms with van der Waals surface area (Å²) in [5, 5.41) is 5.61. The first-order chi connectivity index (χ1) is 8.22. The van der Waals surface area contributed by atoms with Crippen molar-refractivity contribution in [3.05, 3.63) is 23.1 Å². The molecule has 2 aromatic heterocycles. The molecule has 4 nitrogen and oxygen atoms in total. The molecular weight excluding hydrogens is 282 g/mol. The van der Waals surface area contributed by atoms with Crippen LogP contribution in [0.15, 0.2) is 23.1 Å². The van der Waals surface area contributed by atoms with Crippen molar-refractivity contribution in [1.82, 2.24) is 14.8 Å². The Morgan fingerprint density at radius 3 is 2.88 bits per heavy atom. The Morgan fingerprint density at radius 1 is 1.35 bits per heavy atom. The summed E-state index contributed by atoms with van der Waals surface area (Å²) in [6, 6.07) is 2.33. The second-order valence-corrected chi connectivity index (χ2v) is 5.26. The first-order valence-electron chi connectivity index (χ1n) is 5.74. The van der Waals surface area contributed by atoms with Gasteiger partial charge in [0, 0.05) is 24.4 Å². The molecule has 2 aromatic rings. The number of pyridine rings is 1.